The van der Waals surface area contributed by atoms with E-state index < -0.39 is 28.5 Å². The van der Waals surface area contributed by atoms with Crippen LogP contribution in [-0.4, -0.2) is 51.4 Å². The number of hydrogen-bond acceptors (Lipinski definition) is 5. The van der Waals surface area contributed by atoms with Crippen molar-refractivity contribution in [3.63, 3.8) is 0 Å². The Hall–Kier alpha value is -3.37. The molecule has 0 aliphatic carbocycles. The van der Waals surface area contributed by atoms with Crippen molar-refractivity contribution in [3.8, 4) is 5.75 Å². The number of methoxy groups -OCH3 is 1. The Bertz CT molecular complexity index is 1350. The lowest BCUT2D eigenvalue weighted by Crippen LogP contribution is -2.51. The van der Waals surface area contributed by atoms with E-state index >= 15 is 0 Å². The summed E-state index contributed by atoms with van der Waals surface area (Å²) in [7, 11) is -2.64. The summed E-state index contributed by atoms with van der Waals surface area (Å²) in [6.07, 6.45) is 1.74. The van der Waals surface area contributed by atoms with Crippen LogP contribution in [0.1, 0.15) is 32.3 Å². The second kappa shape index (κ2) is 14.1. The molecule has 39 heavy (non-hydrogen) atoms. The van der Waals surface area contributed by atoms with Crippen molar-refractivity contribution < 1.29 is 22.7 Å². The highest BCUT2D eigenvalue weighted by atomic mass is 79.9. The maximum absolute atomic E-state index is 13.9. The monoisotopic (exact) mass is 615 g/mol. The van der Waals surface area contributed by atoms with Gasteiger partial charge in [0.05, 0.1) is 17.7 Å². The van der Waals surface area contributed by atoms with Gasteiger partial charge in [0, 0.05) is 23.6 Å². The van der Waals surface area contributed by atoms with E-state index in [1.54, 1.807) is 49.4 Å². The van der Waals surface area contributed by atoms with E-state index in [0.29, 0.717) is 12.3 Å². The highest BCUT2D eigenvalue weighted by Gasteiger charge is 2.32. The molecule has 0 radical (unpaired) electrons. The number of hydrogen-bond donors (Lipinski definition) is 1. The van der Waals surface area contributed by atoms with Gasteiger partial charge in [-0.05, 0) is 55.3 Å². The van der Waals surface area contributed by atoms with Crippen LogP contribution in [0.4, 0.5) is 5.69 Å². The summed E-state index contributed by atoms with van der Waals surface area (Å²) in [5.74, 6) is -0.366. The molecule has 10 heteroatoms. The predicted octanol–water partition coefficient (Wildman–Crippen LogP) is 4.99. The van der Waals surface area contributed by atoms with Crippen LogP contribution in [0.2, 0.25) is 0 Å². The molecule has 0 aliphatic heterocycles. The number of amides is 2. The first-order valence-electron chi connectivity index (χ1n) is 12.7. The average molecular weight is 617 g/mol. The molecule has 0 saturated carbocycles. The van der Waals surface area contributed by atoms with Gasteiger partial charge in [-0.1, -0.05) is 65.7 Å². The molecular weight excluding hydrogens is 582 g/mol. The summed E-state index contributed by atoms with van der Waals surface area (Å²) in [5.41, 5.74) is 1.08. The number of unbranched alkanes of at least 4 members (excludes halogenated alkanes) is 1. The van der Waals surface area contributed by atoms with Crippen LogP contribution in [0.15, 0.2) is 88.2 Å². The first-order valence-corrected chi connectivity index (χ1v) is 14.9. The van der Waals surface area contributed by atoms with Gasteiger partial charge in [-0.3, -0.25) is 13.9 Å². The fourth-order valence-corrected chi connectivity index (χ4v) is 5.61. The molecular formula is C29H34BrN3O5S. The molecule has 0 fully saturated rings. The minimum atomic E-state index is -4.13. The number of rotatable bonds is 13. The number of carbonyl (C=O) groups is 2. The third kappa shape index (κ3) is 8.06. The van der Waals surface area contributed by atoms with Gasteiger partial charge >= 0.3 is 0 Å². The maximum atomic E-state index is 13.9. The van der Waals surface area contributed by atoms with E-state index in [-0.39, 0.29) is 23.0 Å². The Labute approximate surface area is 239 Å². The van der Waals surface area contributed by atoms with E-state index in [1.807, 2.05) is 31.2 Å². The summed E-state index contributed by atoms with van der Waals surface area (Å²) in [6, 6.07) is 21.1. The summed E-state index contributed by atoms with van der Waals surface area (Å²) >= 11 is 3.41. The normalized spacial score (nSPS) is 11.9. The lowest BCUT2D eigenvalue weighted by molar-refractivity contribution is -0.139. The Kier molecular flexibility index (Phi) is 10.9. The summed E-state index contributed by atoms with van der Waals surface area (Å²) in [6.45, 7) is 3.80. The zero-order chi connectivity index (χ0) is 28.4. The zero-order valence-corrected chi connectivity index (χ0v) is 24.7. The molecule has 0 unspecified atom stereocenters. The van der Waals surface area contributed by atoms with Gasteiger partial charge in [0.2, 0.25) is 11.8 Å². The Morgan fingerprint density at radius 1 is 1.00 bits per heavy atom. The number of benzene rings is 3. The van der Waals surface area contributed by atoms with Crippen LogP contribution in [0.25, 0.3) is 0 Å². The standard InChI is InChI=1S/C29H34BrN3O5S/c1-4-5-18-31-29(35)22(2)32(20-23-14-16-24(30)17-15-23)28(34)21-33(25-10-9-11-26(19-25)38-3)39(36,37)27-12-7-6-8-13-27/h6-17,19,22H,4-5,18,20-21H2,1-3H3,(H,31,35)/t22-/m0/s1. The van der Waals surface area contributed by atoms with Gasteiger partial charge in [0.25, 0.3) is 10.0 Å². The minimum absolute atomic E-state index is 0.0467. The van der Waals surface area contributed by atoms with Gasteiger partial charge in [0.15, 0.2) is 0 Å². The van der Waals surface area contributed by atoms with E-state index in [0.717, 1.165) is 27.2 Å². The van der Waals surface area contributed by atoms with Crippen LogP contribution in [0.3, 0.4) is 0 Å². The third-order valence-corrected chi connectivity index (χ3v) is 8.53. The number of halogens is 1. The number of anilines is 1. The molecule has 2 amide bonds. The molecule has 3 aromatic carbocycles. The number of sulfonamides is 1. The first-order chi connectivity index (χ1) is 18.7. The van der Waals surface area contributed by atoms with E-state index in [4.69, 9.17) is 4.74 Å². The predicted molar refractivity (Wildman–Crippen MR) is 156 cm³/mol. The summed E-state index contributed by atoms with van der Waals surface area (Å²) < 4.78 is 34.8. The van der Waals surface area contributed by atoms with Gasteiger partial charge < -0.3 is 15.0 Å². The largest absolute Gasteiger partial charge is 0.497 e. The number of ether oxygens (including phenoxy) is 1. The second-order valence-corrected chi connectivity index (χ2v) is 11.8. The van der Waals surface area contributed by atoms with Crippen LogP contribution in [-0.2, 0) is 26.2 Å². The van der Waals surface area contributed by atoms with Crippen LogP contribution < -0.4 is 14.4 Å². The fraction of sp³-hybridized carbons (Fsp3) is 0.310. The van der Waals surface area contributed by atoms with Crippen molar-refractivity contribution in [2.24, 2.45) is 0 Å². The number of carbonyl (C=O) groups excluding carboxylic acids is 2. The Morgan fingerprint density at radius 2 is 1.69 bits per heavy atom. The summed E-state index contributed by atoms with van der Waals surface area (Å²) in [4.78, 5) is 28.4. The van der Waals surface area contributed by atoms with Gasteiger partial charge in [-0.15, -0.1) is 0 Å². The fourth-order valence-electron chi connectivity index (χ4n) is 3.92. The van der Waals surface area contributed by atoms with Crippen LogP contribution in [0, 0.1) is 0 Å². The zero-order valence-electron chi connectivity index (χ0n) is 22.3. The molecule has 3 aromatic rings. The third-order valence-electron chi connectivity index (χ3n) is 6.21. The molecule has 3 rings (SSSR count). The van der Waals surface area contributed by atoms with Crippen molar-refractivity contribution in [1.82, 2.24) is 10.2 Å². The molecule has 0 heterocycles. The van der Waals surface area contributed by atoms with Gasteiger partial charge in [-0.25, -0.2) is 8.42 Å². The Balaban J connectivity index is 2.00. The van der Waals surface area contributed by atoms with Crippen molar-refractivity contribution in [3.05, 3.63) is 88.9 Å². The number of nitrogens with one attached hydrogen (secondary N) is 1. The molecule has 0 bridgehead atoms. The minimum Gasteiger partial charge on any atom is -0.497 e. The molecule has 0 aromatic heterocycles. The SMILES string of the molecule is CCCCNC(=O)[C@H](C)N(Cc1ccc(Br)cc1)C(=O)CN(c1cccc(OC)c1)S(=O)(=O)c1ccccc1. The van der Waals surface area contributed by atoms with Crippen molar-refractivity contribution in [2.75, 3.05) is 24.5 Å². The van der Waals surface area contributed by atoms with Crippen LogP contribution in [0.5, 0.6) is 5.75 Å². The maximum Gasteiger partial charge on any atom is 0.264 e. The second-order valence-electron chi connectivity index (χ2n) is 8.99. The highest BCUT2D eigenvalue weighted by molar-refractivity contribution is 9.10. The van der Waals surface area contributed by atoms with Crippen molar-refractivity contribution in [2.45, 2.75) is 44.2 Å². The molecule has 208 valence electrons. The molecule has 8 nitrogen and oxygen atoms in total. The molecule has 0 saturated heterocycles. The quantitative estimate of drug-likeness (QED) is 0.273. The van der Waals surface area contributed by atoms with E-state index in [9.17, 15) is 18.0 Å². The van der Waals surface area contributed by atoms with Crippen molar-refractivity contribution >= 4 is 43.5 Å². The van der Waals surface area contributed by atoms with Gasteiger partial charge in [-0.2, -0.15) is 0 Å². The Morgan fingerprint density at radius 3 is 2.33 bits per heavy atom. The lowest BCUT2D eigenvalue weighted by Gasteiger charge is -2.32. The average Bonchev–Trinajstić information content (AvgIpc) is 2.95. The van der Waals surface area contributed by atoms with E-state index in [1.165, 1.54) is 24.1 Å². The number of nitrogens with zero attached hydrogens (tertiary/aromatic N) is 2. The lowest BCUT2D eigenvalue weighted by atomic mass is 10.1. The molecule has 1 atom stereocenters. The topological polar surface area (TPSA) is 96.0 Å². The van der Waals surface area contributed by atoms with Crippen LogP contribution >= 0.6 is 15.9 Å². The molecule has 0 aliphatic rings. The van der Waals surface area contributed by atoms with E-state index in [2.05, 4.69) is 21.2 Å². The van der Waals surface area contributed by atoms with Gasteiger partial charge in [0.1, 0.15) is 18.3 Å². The first kappa shape index (κ1) is 30.2. The molecule has 0 spiro atoms. The highest BCUT2D eigenvalue weighted by Crippen LogP contribution is 2.27. The van der Waals surface area contributed by atoms with Crippen molar-refractivity contribution in [1.29, 1.82) is 0 Å². The smallest absolute Gasteiger partial charge is 0.264 e. The summed E-state index contributed by atoms with van der Waals surface area (Å²) in [5, 5.41) is 2.88. The molecule has 1 N–H and O–H groups in total.